The average molecular weight is 525 g/mol. The van der Waals surface area contributed by atoms with Crippen LogP contribution in [-0.2, 0) is 5.41 Å². The van der Waals surface area contributed by atoms with E-state index in [-0.39, 0.29) is 24.4 Å². The SMILES string of the molecule is CSc1c(-c2nnc(C3(C(F)(F)F)CCC3)o2)nn(-c2ccccc2Cl)c1-c1ccc(Cl)cc1. The number of aromatic nitrogens is 4. The van der Waals surface area contributed by atoms with Crippen LogP contribution in [0.3, 0.4) is 0 Å². The van der Waals surface area contributed by atoms with Crippen LogP contribution in [0, 0.1) is 0 Å². The summed E-state index contributed by atoms with van der Waals surface area (Å²) in [5.41, 5.74) is 0.260. The summed E-state index contributed by atoms with van der Waals surface area (Å²) in [5.74, 6) is -0.496. The molecule has 0 unspecified atom stereocenters. The van der Waals surface area contributed by atoms with Crippen molar-refractivity contribution in [3.8, 4) is 28.5 Å². The summed E-state index contributed by atoms with van der Waals surface area (Å²) in [7, 11) is 0. The first-order chi connectivity index (χ1) is 16.2. The summed E-state index contributed by atoms with van der Waals surface area (Å²) in [6.07, 6.45) is -2.32. The van der Waals surface area contributed by atoms with Crippen LogP contribution in [-0.4, -0.2) is 32.4 Å². The number of hydrogen-bond acceptors (Lipinski definition) is 5. The van der Waals surface area contributed by atoms with Crippen LogP contribution in [0.4, 0.5) is 13.2 Å². The first kappa shape index (κ1) is 23.3. The van der Waals surface area contributed by atoms with E-state index in [1.165, 1.54) is 11.8 Å². The zero-order valence-corrected chi connectivity index (χ0v) is 20.1. The van der Waals surface area contributed by atoms with Crippen LogP contribution in [0.1, 0.15) is 25.2 Å². The predicted octanol–water partition coefficient (Wildman–Crippen LogP) is 7.60. The van der Waals surface area contributed by atoms with Crippen molar-refractivity contribution in [1.82, 2.24) is 20.0 Å². The Labute approximate surface area is 207 Å². The van der Waals surface area contributed by atoms with Gasteiger partial charge in [0.15, 0.2) is 5.69 Å². The van der Waals surface area contributed by atoms with Gasteiger partial charge in [0, 0.05) is 10.6 Å². The molecule has 1 fully saturated rings. The molecule has 0 bridgehead atoms. The highest BCUT2D eigenvalue weighted by Gasteiger charge is 2.63. The van der Waals surface area contributed by atoms with E-state index in [0.717, 1.165) is 5.56 Å². The van der Waals surface area contributed by atoms with Gasteiger partial charge in [0.1, 0.15) is 5.41 Å². The van der Waals surface area contributed by atoms with E-state index in [4.69, 9.17) is 27.6 Å². The van der Waals surface area contributed by atoms with Gasteiger partial charge in [-0.05, 0) is 43.4 Å². The Morgan fingerprint density at radius 2 is 1.74 bits per heavy atom. The molecule has 2 heterocycles. The van der Waals surface area contributed by atoms with Crippen LogP contribution < -0.4 is 0 Å². The van der Waals surface area contributed by atoms with E-state index in [9.17, 15) is 13.2 Å². The van der Waals surface area contributed by atoms with Crippen molar-refractivity contribution in [2.24, 2.45) is 0 Å². The Morgan fingerprint density at radius 3 is 2.32 bits per heavy atom. The van der Waals surface area contributed by atoms with E-state index in [1.54, 1.807) is 35.0 Å². The molecule has 0 aliphatic heterocycles. The standard InChI is InChI=1S/C23H17Cl2F3N4OS/c1-34-19-17(20-29-30-21(33-20)22(11-4-12-22)23(26,27)28)31-32(16-6-3-2-5-15(16)25)18(19)13-7-9-14(24)10-8-13/h2-3,5-10H,4,11-12H2,1H3. The van der Waals surface area contributed by atoms with Gasteiger partial charge in [-0.1, -0.05) is 53.9 Å². The number of para-hydroxylation sites is 1. The second-order valence-corrected chi connectivity index (χ2v) is 9.61. The third kappa shape index (κ3) is 3.70. The van der Waals surface area contributed by atoms with Crippen LogP contribution in [0.5, 0.6) is 0 Å². The number of rotatable bonds is 5. The van der Waals surface area contributed by atoms with E-state index in [1.807, 2.05) is 24.5 Å². The molecule has 0 N–H and O–H groups in total. The molecule has 0 radical (unpaired) electrons. The minimum atomic E-state index is -4.47. The zero-order valence-electron chi connectivity index (χ0n) is 17.7. The second-order valence-electron chi connectivity index (χ2n) is 7.95. The lowest BCUT2D eigenvalue weighted by Gasteiger charge is -2.39. The van der Waals surface area contributed by atoms with Crippen molar-refractivity contribution < 1.29 is 17.6 Å². The summed E-state index contributed by atoms with van der Waals surface area (Å²) in [6, 6.07) is 14.3. The Bertz CT molecular complexity index is 1350. The lowest BCUT2D eigenvalue weighted by atomic mass is 9.68. The molecule has 11 heteroatoms. The summed E-state index contributed by atoms with van der Waals surface area (Å²) in [5, 5.41) is 13.5. The van der Waals surface area contributed by atoms with Gasteiger partial charge in [0.2, 0.25) is 5.89 Å². The molecule has 2 aromatic heterocycles. The smallest absolute Gasteiger partial charge is 0.403 e. The number of thioether (sulfide) groups is 1. The molecule has 0 amide bonds. The molecule has 1 saturated carbocycles. The predicted molar refractivity (Wildman–Crippen MR) is 126 cm³/mol. The summed E-state index contributed by atoms with van der Waals surface area (Å²) in [4.78, 5) is 0.659. The van der Waals surface area contributed by atoms with Gasteiger partial charge in [-0.2, -0.15) is 18.3 Å². The molecular formula is C23H17Cl2F3N4OS. The first-order valence-corrected chi connectivity index (χ1v) is 12.3. The number of hydrogen-bond donors (Lipinski definition) is 0. The number of nitrogens with zero attached hydrogens (tertiary/aromatic N) is 4. The zero-order chi connectivity index (χ0) is 24.1. The highest BCUT2D eigenvalue weighted by atomic mass is 35.5. The number of benzene rings is 2. The van der Waals surface area contributed by atoms with Gasteiger partial charge >= 0.3 is 6.18 Å². The van der Waals surface area contributed by atoms with Gasteiger partial charge in [-0.15, -0.1) is 22.0 Å². The Kier molecular flexibility index (Phi) is 5.90. The maximum atomic E-state index is 13.8. The lowest BCUT2D eigenvalue weighted by Crippen LogP contribution is -2.48. The molecule has 5 rings (SSSR count). The molecule has 1 aliphatic rings. The molecule has 34 heavy (non-hydrogen) atoms. The summed E-state index contributed by atoms with van der Waals surface area (Å²) >= 11 is 13.9. The van der Waals surface area contributed by atoms with Gasteiger partial charge in [0.25, 0.3) is 5.89 Å². The number of alkyl halides is 3. The largest absolute Gasteiger partial charge is 0.418 e. The third-order valence-corrected chi connectivity index (χ3v) is 7.40. The van der Waals surface area contributed by atoms with E-state index in [0.29, 0.717) is 32.7 Å². The maximum Gasteiger partial charge on any atom is 0.403 e. The van der Waals surface area contributed by atoms with E-state index >= 15 is 0 Å². The van der Waals surface area contributed by atoms with Crippen molar-refractivity contribution in [2.45, 2.75) is 35.7 Å². The summed E-state index contributed by atoms with van der Waals surface area (Å²) in [6.45, 7) is 0. The maximum absolute atomic E-state index is 13.8. The molecule has 1 aliphatic carbocycles. The fraction of sp³-hybridized carbons (Fsp3) is 0.261. The molecule has 4 aromatic rings. The van der Waals surface area contributed by atoms with E-state index < -0.39 is 17.5 Å². The van der Waals surface area contributed by atoms with Crippen LogP contribution in [0.2, 0.25) is 10.0 Å². The topological polar surface area (TPSA) is 56.7 Å². The lowest BCUT2D eigenvalue weighted by molar-refractivity contribution is -0.219. The van der Waals surface area contributed by atoms with Crippen LogP contribution in [0.25, 0.3) is 28.5 Å². The minimum absolute atomic E-state index is 0.0718. The first-order valence-electron chi connectivity index (χ1n) is 10.3. The normalized spacial score (nSPS) is 15.4. The molecule has 0 saturated heterocycles. The summed E-state index contributed by atoms with van der Waals surface area (Å²) < 4.78 is 48.7. The van der Waals surface area contributed by atoms with Crippen molar-refractivity contribution in [2.75, 3.05) is 6.26 Å². The second kappa shape index (κ2) is 8.62. The Hall–Kier alpha value is -2.49. The molecular weight excluding hydrogens is 508 g/mol. The van der Waals surface area contributed by atoms with Crippen molar-refractivity contribution >= 4 is 35.0 Å². The fourth-order valence-electron chi connectivity index (χ4n) is 4.06. The molecule has 5 nitrogen and oxygen atoms in total. The number of halogens is 5. The van der Waals surface area contributed by atoms with Gasteiger partial charge < -0.3 is 4.42 Å². The van der Waals surface area contributed by atoms with Crippen molar-refractivity contribution in [1.29, 1.82) is 0 Å². The van der Waals surface area contributed by atoms with Gasteiger partial charge in [0.05, 0.1) is 21.3 Å². The van der Waals surface area contributed by atoms with Crippen molar-refractivity contribution in [3.05, 3.63) is 64.5 Å². The third-order valence-electron chi connectivity index (χ3n) is 6.03. The van der Waals surface area contributed by atoms with Gasteiger partial charge in [-0.3, -0.25) is 0 Å². The Balaban J connectivity index is 1.71. The van der Waals surface area contributed by atoms with E-state index in [2.05, 4.69) is 15.3 Å². The highest BCUT2D eigenvalue weighted by Crippen LogP contribution is 2.54. The molecule has 2 aromatic carbocycles. The molecule has 0 spiro atoms. The molecule has 176 valence electrons. The minimum Gasteiger partial charge on any atom is -0.418 e. The monoisotopic (exact) mass is 524 g/mol. The van der Waals surface area contributed by atoms with Crippen LogP contribution >= 0.6 is 35.0 Å². The van der Waals surface area contributed by atoms with Crippen molar-refractivity contribution in [3.63, 3.8) is 0 Å². The fourth-order valence-corrected chi connectivity index (χ4v) is 5.12. The average Bonchev–Trinajstić information content (AvgIpc) is 3.38. The van der Waals surface area contributed by atoms with Gasteiger partial charge in [-0.25, -0.2) is 4.68 Å². The Morgan fingerprint density at radius 1 is 1.03 bits per heavy atom. The quantitative estimate of drug-likeness (QED) is 0.251. The molecule has 0 atom stereocenters. The van der Waals surface area contributed by atoms with Crippen LogP contribution in [0.15, 0.2) is 57.8 Å². The highest BCUT2D eigenvalue weighted by molar-refractivity contribution is 7.98.